The molecule has 0 aliphatic carbocycles. The monoisotopic (exact) mass is 387 g/mol. The Bertz CT molecular complexity index is 1210. The van der Waals surface area contributed by atoms with E-state index in [1.165, 1.54) is 29.8 Å². The lowest BCUT2D eigenvalue weighted by Crippen LogP contribution is -2.12. The van der Waals surface area contributed by atoms with Crippen molar-refractivity contribution in [2.24, 2.45) is 0 Å². The van der Waals surface area contributed by atoms with Gasteiger partial charge in [0.05, 0.1) is 10.6 Å². The molecule has 0 aliphatic heterocycles. The zero-order chi connectivity index (χ0) is 20.4. The molecule has 8 nitrogen and oxygen atoms in total. The number of nitro benzene ring substituents is 1. The summed E-state index contributed by atoms with van der Waals surface area (Å²) in [6.45, 7) is 2.10. The topological polar surface area (TPSA) is 103 Å². The van der Waals surface area contributed by atoms with Crippen LogP contribution in [0, 0.1) is 10.1 Å². The molecule has 4 rings (SSSR count). The standard InChI is InChI=1S/C21H17N5O3/c1-2-14-6-9-17(10-7-14)25-23-19-11-8-16(13-20(19)24-25)22-21(27)15-4-3-5-18(12-15)26(28)29/h3-13H,2H2,1H3,(H,22,27). The number of fused-ring (bicyclic) bond motifs is 1. The average Bonchev–Trinajstić information content (AvgIpc) is 3.17. The number of non-ortho nitro benzene ring substituents is 1. The summed E-state index contributed by atoms with van der Waals surface area (Å²) in [5, 5.41) is 22.6. The minimum absolute atomic E-state index is 0.134. The van der Waals surface area contributed by atoms with E-state index in [-0.39, 0.29) is 11.3 Å². The van der Waals surface area contributed by atoms with Crippen LogP contribution < -0.4 is 5.32 Å². The minimum atomic E-state index is -0.534. The fourth-order valence-electron chi connectivity index (χ4n) is 2.94. The zero-order valence-electron chi connectivity index (χ0n) is 15.6. The quantitative estimate of drug-likeness (QED) is 0.409. The van der Waals surface area contributed by atoms with Crippen molar-refractivity contribution < 1.29 is 9.72 Å². The van der Waals surface area contributed by atoms with E-state index >= 15 is 0 Å². The van der Waals surface area contributed by atoms with E-state index in [0.29, 0.717) is 16.7 Å². The lowest BCUT2D eigenvalue weighted by Gasteiger charge is -2.04. The molecule has 144 valence electrons. The molecule has 1 aromatic heterocycles. The summed E-state index contributed by atoms with van der Waals surface area (Å²) in [7, 11) is 0. The predicted octanol–water partition coefficient (Wildman–Crippen LogP) is 4.14. The molecule has 1 N–H and O–H groups in total. The highest BCUT2D eigenvalue weighted by Gasteiger charge is 2.13. The Morgan fingerprint density at radius 1 is 1.03 bits per heavy atom. The Morgan fingerprint density at radius 2 is 1.79 bits per heavy atom. The number of carbonyl (C=O) groups is 1. The number of nitrogens with one attached hydrogen (secondary N) is 1. The fraction of sp³-hybridized carbons (Fsp3) is 0.0952. The second kappa shape index (κ2) is 7.51. The number of benzene rings is 3. The summed E-state index contributed by atoms with van der Waals surface area (Å²) in [5.41, 5.74) is 4.00. The molecule has 8 heteroatoms. The number of rotatable bonds is 5. The number of nitrogens with zero attached hydrogens (tertiary/aromatic N) is 4. The van der Waals surface area contributed by atoms with Crippen LogP contribution in [0.25, 0.3) is 16.7 Å². The Labute approximate surface area is 165 Å². The van der Waals surface area contributed by atoms with E-state index in [1.807, 2.05) is 24.3 Å². The second-order valence-corrected chi connectivity index (χ2v) is 6.47. The molecule has 0 unspecified atom stereocenters. The molecule has 0 saturated carbocycles. The van der Waals surface area contributed by atoms with Crippen LogP contribution in [0.1, 0.15) is 22.8 Å². The van der Waals surface area contributed by atoms with Gasteiger partial charge in [-0.15, -0.1) is 10.2 Å². The number of hydrogen-bond donors (Lipinski definition) is 1. The Balaban J connectivity index is 1.58. The van der Waals surface area contributed by atoms with Crippen molar-refractivity contribution in [3.8, 4) is 5.69 Å². The Kier molecular flexibility index (Phi) is 4.74. The molecule has 0 radical (unpaired) electrons. The number of anilines is 1. The highest BCUT2D eigenvalue weighted by atomic mass is 16.6. The summed E-state index contributed by atoms with van der Waals surface area (Å²) in [4.78, 5) is 24.3. The highest BCUT2D eigenvalue weighted by molar-refractivity contribution is 6.05. The molecule has 4 aromatic rings. The third-order valence-corrected chi connectivity index (χ3v) is 4.53. The Hall–Kier alpha value is -4.07. The molecule has 1 amide bonds. The van der Waals surface area contributed by atoms with Gasteiger partial charge in [-0.1, -0.05) is 25.1 Å². The van der Waals surface area contributed by atoms with Crippen molar-refractivity contribution in [3.63, 3.8) is 0 Å². The van der Waals surface area contributed by atoms with Crippen molar-refractivity contribution in [3.05, 3.63) is 88.0 Å². The smallest absolute Gasteiger partial charge is 0.270 e. The third kappa shape index (κ3) is 3.81. The SMILES string of the molecule is CCc1ccc(-n2nc3ccc(NC(=O)c4cccc([N+](=O)[O-])c4)cc3n2)cc1. The molecule has 29 heavy (non-hydrogen) atoms. The van der Waals surface area contributed by atoms with E-state index in [4.69, 9.17) is 0 Å². The third-order valence-electron chi connectivity index (χ3n) is 4.53. The van der Waals surface area contributed by atoms with Crippen LogP contribution in [-0.2, 0) is 6.42 Å². The van der Waals surface area contributed by atoms with Gasteiger partial charge in [-0.05, 0) is 48.4 Å². The fourth-order valence-corrected chi connectivity index (χ4v) is 2.94. The van der Waals surface area contributed by atoms with E-state index in [0.717, 1.165) is 12.1 Å². The Morgan fingerprint density at radius 3 is 2.52 bits per heavy atom. The van der Waals surface area contributed by atoms with Gasteiger partial charge in [-0.2, -0.15) is 4.80 Å². The highest BCUT2D eigenvalue weighted by Crippen LogP contribution is 2.20. The normalized spacial score (nSPS) is 10.8. The van der Waals surface area contributed by atoms with E-state index in [2.05, 4.69) is 22.4 Å². The van der Waals surface area contributed by atoms with Crippen LogP contribution in [0.5, 0.6) is 0 Å². The van der Waals surface area contributed by atoms with Crippen LogP contribution in [0.3, 0.4) is 0 Å². The minimum Gasteiger partial charge on any atom is -0.322 e. The van der Waals surface area contributed by atoms with Crippen LogP contribution in [0.4, 0.5) is 11.4 Å². The summed E-state index contributed by atoms with van der Waals surface area (Å²) < 4.78 is 0. The van der Waals surface area contributed by atoms with E-state index in [1.54, 1.807) is 23.0 Å². The van der Waals surface area contributed by atoms with Crippen LogP contribution >= 0.6 is 0 Å². The van der Waals surface area contributed by atoms with Crippen molar-refractivity contribution >= 4 is 28.3 Å². The van der Waals surface area contributed by atoms with Crippen LogP contribution in [0.2, 0.25) is 0 Å². The summed E-state index contributed by atoms with van der Waals surface area (Å²) in [5.74, 6) is -0.435. The maximum Gasteiger partial charge on any atom is 0.270 e. The maximum absolute atomic E-state index is 12.4. The number of hydrogen-bond acceptors (Lipinski definition) is 5. The molecule has 0 saturated heterocycles. The number of aryl methyl sites for hydroxylation is 1. The summed E-state index contributed by atoms with van der Waals surface area (Å²) in [6, 6.07) is 18.8. The van der Waals surface area contributed by atoms with Crippen LogP contribution in [0.15, 0.2) is 66.7 Å². The largest absolute Gasteiger partial charge is 0.322 e. The molecule has 0 atom stereocenters. The van der Waals surface area contributed by atoms with Gasteiger partial charge in [0.25, 0.3) is 11.6 Å². The van der Waals surface area contributed by atoms with Gasteiger partial charge in [0, 0.05) is 23.4 Å². The molecule has 0 spiro atoms. The van der Waals surface area contributed by atoms with Gasteiger partial charge >= 0.3 is 0 Å². The van der Waals surface area contributed by atoms with Gasteiger partial charge in [0.15, 0.2) is 0 Å². The zero-order valence-corrected chi connectivity index (χ0v) is 15.6. The first-order valence-corrected chi connectivity index (χ1v) is 9.06. The molecule has 0 fully saturated rings. The van der Waals surface area contributed by atoms with Crippen molar-refractivity contribution in [1.29, 1.82) is 0 Å². The molecule has 3 aromatic carbocycles. The molecular weight excluding hydrogens is 370 g/mol. The molecule has 1 heterocycles. The van der Waals surface area contributed by atoms with E-state index in [9.17, 15) is 14.9 Å². The van der Waals surface area contributed by atoms with Gasteiger partial charge in [0.2, 0.25) is 0 Å². The first kappa shape index (κ1) is 18.3. The molecule has 0 bridgehead atoms. The number of nitro groups is 1. The van der Waals surface area contributed by atoms with Gasteiger partial charge in [0.1, 0.15) is 11.0 Å². The van der Waals surface area contributed by atoms with Gasteiger partial charge in [-0.3, -0.25) is 14.9 Å². The number of carbonyl (C=O) groups excluding carboxylic acids is 1. The van der Waals surface area contributed by atoms with Gasteiger partial charge in [-0.25, -0.2) is 0 Å². The second-order valence-electron chi connectivity index (χ2n) is 6.47. The lowest BCUT2D eigenvalue weighted by molar-refractivity contribution is -0.384. The van der Waals surface area contributed by atoms with Gasteiger partial charge < -0.3 is 5.32 Å². The average molecular weight is 387 g/mol. The summed E-state index contributed by atoms with van der Waals surface area (Å²) >= 11 is 0. The lowest BCUT2D eigenvalue weighted by atomic mass is 10.2. The number of aromatic nitrogens is 3. The molecular formula is C21H17N5O3. The van der Waals surface area contributed by atoms with Crippen molar-refractivity contribution in [2.45, 2.75) is 13.3 Å². The first-order chi connectivity index (χ1) is 14.0. The first-order valence-electron chi connectivity index (χ1n) is 9.06. The molecule has 0 aliphatic rings. The van der Waals surface area contributed by atoms with E-state index < -0.39 is 10.8 Å². The van der Waals surface area contributed by atoms with Crippen molar-refractivity contribution in [1.82, 2.24) is 15.0 Å². The maximum atomic E-state index is 12.4. The predicted molar refractivity (Wildman–Crippen MR) is 109 cm³/mol. The van der Waals surface area contributed by atoms with Crippen molar-refractivity contribution in [2.75, 3.05) is 5.32 Å². The van der Waals surface area contributed by atoms with Crippen LogP contribution in [-0.4, -0.2) is 25.8 Å². The number of amides is 1. The summed E-state index contributed by atoms with van der Waals surface area (Å²) in [6.07, 6.45) is 0.961.